The summed E-state index contributed by atoms with van der Waals surface area (Å²) >= 11 is 0. The molecule has 1 rings (SSSR count). The lowest BCUT2D eigenvalue weighted by atomic mass is 10.0. The quantitative estimate of drug-likeness (QED) is 0.808. The molecule has 4 heteroatoms. The molecule has 1 aromatic carbocycles. The van der Waals surface area contributed by atoms with Gasteiger partial charge in [-0.15, -0.1) is 12.4 Å². The second-order valence-electron chi connectivity index (χ2n) is 5.45. The largest absolute Gasteiger partial charge is 0.399 e. The molecule has 0 saturated heterocycles. The van der Waals surface area contributed by atoms with Crippen molar-refractivity contribution in [2.75, 3.05) is 12.3 Å². The van der Waals surface area contributed by atoms with Gasteiger partial charge in [0, 0.05) is 23.8 Å². The molecule has 0 heterocycles. The predicted octanol–water partition coefficient (Wildman–Crippen LogP) is 3.98. The van der Waals surface area contributed by atoms with E-state index in [0.29, 0.717) is 23.2 Å². The zero-order chi connectivity index (χ0) is 14.4. The van der Waals surface area contributed by atoms with Gasteiger partial charge in [-0.05, 0) is 37.0 Å². The van der Waals surface area contributed by atoms with Gasteiger partial charge >= 0.3 is 0 Å². The highest BCUT2D eigenvalue weighted by molar-refractivity contribution is 5.95. The van der Waals surface area contributed by atoms with E-state index < -0.39 is 0 Å². The van der Waals surface area contributed by atoms with Crippen molar-refractivity contribution >= 4 is 24.0 Å². The molecule has 0 bridgehead atoms. The monoisotopic (exact) mass is 298 g/mol. The molecule has 0 aliphatic carbocycles. The van der Waals surface area contributed by atoms with E-state index in [-0.39, 0.29) is 18.3 Å². The Labute approximate surface area is 128 Å². The highest BCUT2D eigenvalue weighted by Gasteiger charge is 2.23. The topological polar surface area (TPSA) is 46.3 Å². The van der Waals surface area contributed by atoms with Gasteiger partial charge in [0.2, 0.25) is 0 Å². The van der Waals surface area contributed by atoms with Crippen LogP contribution in [0.4, 0.5) is 5.69 Å². The summed E-state index contributed by atoms with van der Waals surface area (Å²) in [5.74, 6) is 0.556. The number of hydrogen-bond donors (Lipinski definition) is 1. The van der Waals surface area contributed by atoms with Crippen LogP contribution in [-0.2, 0) is 0 Å². The van der Waals surface area contributed by atoms with E-state index in [1.54, 1.807) is 12.1 Å². The predicted molar refractivity (Wildman–Crippen MR) is 88.3 cm³/mol. The fraction of sp³-hybridized carbons (Fsp3) is 0.562. The number of carbonyl (C=O) groups is 1. The van der Waals surface area contributed by atoms with Gasteiger partial charge in [0.1, 0.15) is 0 Å². The second-order valence-corrected chi connectivity index (χ2v) is 5.45. The second kappa shape index (κ2) is 8.85. The Hall–Kier alpha value is -1.22. The van der Waals surface area contributed by atoms with Crippen molar-refractivity contribution in [3.05, 3.63) is 29.8 Å². The molecule has 0 saturated carbocycles. The molecule has 1 aromatic rings. The van der Waals surface area contributed by atoms with Crippen molar-refractivity contribution in [3.63, 3.8) is 0 Å². The number of nitrogen functional groups attached to an aromatic ring is 1. The smallest absolute Gasteiger partial charge is 0.254 e. The van der Waals surface area contributed by atoms with E-state index in [2.05, 4.69) is 27.7 Å². The van der Waals surface area contributed by atoms with E-state index in [4.69, 9.17) is 5.73 Å². The van der Waals surface area contributed by atoms with Gasteiger partial charge < -0.3 is 10.6 Å². The van der Waals surface area contributed by atoms with Crippen LogP contribution in [0.5, 0.6) is 0 Å². The third-order valence-corrected chi connectivity index (χ3v) is 3.34. The molecular formula is C16H27ClN2O. The van der Waals surface area contributed by atoms with E-state index in [1.807, 2.05) is 17.0 Å². The van der Waals surface area contributed by atoms with Gasteiger partial charge in [0.15, 0.2) is 0 Å². The summed E-state index contributed by atoms with van der Waals surface area (Å²) in [6.07, 6.45) is 1.97. The molecule has 0 fully saturated rings. The van der Waals surface area contributed by atoms with Crippen LogP contribution in [0.25, 0.3) is 0 Å². The summed E-state index contributed by atoms with van der Waals surface area (Å²) in [7, 11) is 0. The number of amides is 1. The first kappa shape index (κ1) is 18.8. The van der Waals surface area contributed by atoms with Crippen molar-refractivity contribution in [3.8, 4) is 0 Å². The highest BCUT2D eigenvalue weighted by atomic mass is 35.5. The van der Waals surface area contributed by atoms with Crippen LogP contribution in [0.3, 0.4) is 0 Å². The first-order valence-electron chi connectivity index (χ1n) is 7.16. The average Bonchev–Trinajstić information content (AvgIpc) is 2.37. The van der Waals surface area contributed by atoms with Gasteiger partial charge in [-0.3, -0.25) is 4.79 Å². The molecule has 3 nitrogen and oxygen atoms in total. The van der Waals surface area contributed by atoms with Crippen LogP contribution >= 0.6 is 12.4 Å². The van der Waals surface area contributed by atoms with Gasteiger partial charge in [-0.1, -0.05) is 33.8 Å². The van der Waals surface area contributed by atoms with Gasteiger partial charge in [0.25, 0.3) is 5.91 Å². The van der Waals surface area contributed by atoms with Gasteiger partial charge in [-0.25, -0.2) is 0 Å². The van der Waals surface area contributed by atoms with Crippen LogP contribution in [0.1, 0.15) is 50.9 Å². The third kappa shape index (κ3) is 5.04. The molecule has 0 aromatic heterocycles. The lowest BCUT2D eigenvalue weighted by Crippen LogP contribution is -2.42. The molecule has 0 spiro atoms. The van der Waals surface area contributed by atoms with Crippen molar-refractivity contribution in [1.29, 1.82) is 0 Å². The van der Waals surface area contributed by atoms with Crippen molar-refractivity contribution in [2.45, 2.75) is 46.6 Å². The van der Waals surface area contributed by atoms with Gasteiger partial charge in [-0.2, -0.15) is 0 Å². The zero-order valence-corrected chi connectivity index (χ0v) is 13.7. The van der Waals surface area contributed by atoms with Crippen LogP contribution in [0, 0.1) is 5.92 Å². The Bertz CT molecular complexity index is 417. The summed E-state index contributed by atoms with van der Waals surface area (Å²) < 4.78 is 0. The molecule has 0 aliphatic rings. The fourth-order valence-electron chi connectivity index (χ4n) is 2.36. The number of halogens is 1. The molecule has 20 heavy (non-hydrogen) atoms. The first-order chi connectivity index (χ1) is 8.99. The number of nitrogens with zero attached hydrogens (tertiary/aromatic N) is 1. The minimum atomic E-state index is 0. The van der Waals surface area contributed by atoms with E-state index in [0.717, 1.165) is 19.4 Å². The lowest BCUT2D eigenvalue weighted by molar-refractivity contribution is 0.0640. The maximum atomic E-state index is 12.7. The van der Waals surface area contributed by atoms with Crippen LogP contribution in [-0.4, -0.2) is 23.4 Å². The fourth-order valence-corrected chi connectivity index (χ4v) is 2.36. The van der Waals surface area contributed by atoms with Crippen molar-refractivity contribution in [1.82, 2.24) is 4.90 Å². The summed E-state index contributed by atoms with van der Waals surface area (Å²) in [5, 5.41) is 0. The lowest BCUT2D eigenvalue weighted by Gasteiger charge is -2.32. The summed E-state index contributed by atoms with van der Waals surface area (Å²) in [5.41, 5.74) is 7.09. The van der Waals surface area contributed by atoms with Crippen LogP contribution in [0.15, 0.2) is 24.3 Å². The van der Waals surface area contributed by atoms with Crippen LogP contribution in [0.2, 0.25) is 0 Å². The first-order valence-corrected chi connectivity index (χ1v) is 7.16. The van der Waals surface area contributed by atoms with E-state index in [9.17, 15) is 4.79 Å². The van der Waals surface area contributed by atoms with Crippen LogP contribution < -0.4 is 5.73 Å². The Morgan fingerprint density at radius 2 is 1.85 bits per heavy atom. The number of nitrogens with two attached hydrogens (primary N) is 1. The SMILES string of the molecule is CCC(CC)N(CC(C)C)C(=O)c1cccc(N)c1.Cl. The van der Waals surface area contributed by atoms with E-state index in [1.165, 1.54) is 0 Å². The average molecular weight is 299 g/mol. The molecular weight excluding hydrogens is 272 g/mol. The van der Waals surface area contributed by atoms with E-state index >= 15 is 0 Å². The number of rotatable bonds is 6. The Morgan fingerprint density at radius 1 is 1.25 bits per heavy atom. The summed E-state index contributed by atoms with van der Waals surface area (Å²) in [6.45, 7) is 9.34. The maximum absolute atomic E-state index is 12.7. The number of carbonyl (C=O) groups excluding carboxylic acids is 1. The number of anilines is 1. The summed E-state index contributed by atoms with van der Waals surface area (Å²) in [6, 6.07) is 7.55. The molecule has 0 unspecified atom stereocenters. The molecule has 0 aliphatic heterocycles. The minimum Gasteiger partial charge on any atom is -0.399 e. The molecule has 0 atom stereocenters. The van der Waals surface area contributed by atoms with Crippen molar-refractivity contribution < 1.29 is 4.79 Å². The number of benzene rings is 1. The molecule has 2 N–H and O–H groups in total. The Morgan fingerprint density at radius 3 is 2.30 bits per heavy atom. The van der Waals surface area contributed by atoms with Gasteiger partial charge in [0.05, 0.1) is 0 Å². The molecule has 1 amide bonds. The zero-order valence-electron chi connectivity index (χ0n) is 12.9. The normalized spacial score (nSPS) is 10.5. The van der Waals surface area contributed by atoms with Crippen molar-refractivity contribution in [2.24, 2.45) is 5.92 Å². The highest BCUT2D eigenvalue weighted by Crippen LogP contribution is 2.17. The number of hydrogen-bond acceptors (Lipinski definition) is 2. The minimum absolute atomic E-state index is 0. The molecule has 114 valence electrons. The summed E-state index contributed by atoms with van der Waals surface area (Å²) in [4.78, 5) is 14.7. The maximum Gasteiger partial charge on any atom is 0.254 e. The Kier molecular flexibility index (Phi) is 8.31. The molecule has 0 radical (unpaired) electrons. The third-order valence-electron chi connectivity index (χ3n) is 3.34. The standard InChI is InChI=1S/C16H26N2O.ClH/c1-5-15(6-2)18(11-12(3)4)16(19)13-8-7-9-14(17)10-13;/h7-10,12,15H,5-6,11,17H2,1-4H3;1H. The Balaban J connectivity index is 0.00000361.